The molecule has 4 bridgehead atoms. The van der Waals surface area contributed by atoms with Crippen LogP contribution in [-0.2, 0) is 14.3 Å². The Balaban J connectivity index is 1.27. The molecule has 1 aromatic rings. The lowest BCUT2D eigenvalue weighted by Gasteiger charge is -2.60. The van der Waals surface area contributed by atoms with Crippen LogP contribution in [0, 0.1) is 17.3 Å². The zero-order chi connectivity index (χ0) is 19.9. The summed E-state index contributed by atoms with van der Waals surface area (Å²) in [7, 11) is 0. The Hall–Kier alpha value is -1.88. The first-order valence-electron chi connectivity index (χ1n) is 10.5. The third-order valence-electron chi connectivity index (χ3n) is 6.90. The van der Waals surface area contributed by atoms with Crippen LogP contribution in [0.5, 0.6) is 0 Å². The number of aliphatic hydroxyl groups is 1. The quantitative estimate of drug-likeness (QED) is 0.726. The second kappa shape index (κ2) is 7.18. The molecule has 4 aliphatic carbocycles. The van der Waals surface area contributed by atoms with Gasteiger partial charge in [0.15, 0.2) is 6.61 Å². The van der Waals surface area contributed by atoms with Gasteiger partial charge in [-0.15, -0.1) is 0 Å². The summed E-state index contributed by atoms with van der Waals surface area (Å²) in [5.74, 6) is 0.867. The smallest absolute Gasteiger partial charge is 0.306 e. The highest BCUT2D eigenvalue weighted by molar-refractivity contribution is 5.92. The van der Waals surface area contributed by atoms with Crippen molar-refractivity contribution in [2.45, 2.75) is 70.3 Å². The van der Waals surface area contributed by atoms with Gasteiger partial charge in [-0.25, -0.2) is 0 Å². The molecule has 152 valence electrons. The monoisotopic (exact) mass is 385 g/mol. The minimum absolute atomic E-state index is 0.126. The molecular weight excluding hydrogens is 354 g/mol. The van der Waals surface area contributed by atoms with Crippen LogP contribution in [0.3, 0.4) is 0 Å². The lowest BCUT2D eigenvalue weighted by Crippen LogP contribution is -2.56. The molecule has 1 aromatic carbocycles. The summed E-state index contributed by atoms with van der Waals surface area (Å²) >= 11 is 0. The van der Waals surface area contributed by atoms with Crippen LogP contribution in [0.1, 0.15) is 70.3 Å². The van der Waals surface area contributed by atoms with Crippen molar-refractivity contribution in [3.8, 4) is 0 Å². The van der Waals surface area contributed by atoms with E-state index in [-0.39, 0.29) is 23.9 Å². The number of carbonyl (C=O) groups is 2. The van der Waals surface area contributed by atoms with Crippen molar-refractivity contribution in [1.82, 2.24) is 0 Å². The average molecular weight is 386 g/mol. The predicted octanol–water partition coefficient (Wildman–Crippen LogP) is 4.01. The molecule has 0 aromatic heterocycles. The minimum Gasteiger partial charge on any atom is -0.456 e. The molecule has 4 aliphatic rings. The Labute approximate surface area is 166 Å². The SMILES string of the molecule is CC(C)c1ccc(NC(=O)COC(=O)CC23C[C@@H]4C[C@@H](CC(O)(C4)C2)C3)cc1. The molecule has 0 radical (unpaired) electrons. The van der Waals surface area contributed by atoms with Gasteiger partial charge in [0.2, 0.25) is 0 Å². The number of carbonyl (C=O) groups excluding carboxylic acids is 2. The van der Waals surface area contributed by atoms with Gasteiger partial charge in [0.05, 0.1) is 12.0 Å². The van der Waals surface area contributed by atoms with Crippen LogP contribution < -0.4 is 5.32 Å². The topological polar surface area (TPSA) is 75.6 Å². The van der Waals surface area contributed by atoms with E-state index in [9.17, 15) is 14.7 Å². The highest BCUT2D eigenvalue weighted by atomic mass is 16.5. The number of rotatable bonds is 6. The lowest BCUT2D eigenvalue weighted by molar-refractivity contribution is -0.177. The maximum absolute atomic E-state index is 12.4. The number of hydrogen-bond donors (Lipinski definition) is 2. The maximum Gasteiger partial charge on any atom is 0.306 e. The first-order chi connectivity index (χ1) is 13.2. The fourth-order valence-electron chi connectivity index (χ4n) is 6.26. The van der Waals surface area contributed by atoms with Gasteiger partial charge in [-0.2, -0.15) is 0 Å². The van der Waals surface area contributed by atoms with Gasteiger partial charge in [-0.05, 0) is 79.4 Å². The Kier molecular flexibility index (Phi) is 4.98. The van der Waals surface area contributed by atoms with E-state index in [0.717, 1.165) is 25.7 Å². The second-order valence-corrected chi connectivity index (χ2v) is 9.85. The Morgan fingerprint density at radius 3 is 2.36 bits per heavy atom. The van der Waals surface area contributed by atoms with E-state index in [1.54, 1.807) is 0 Å². The van der Waals surface area contributed by atoms with E-state index < -0.39 is 5.60 Å². The number of anilines is 1. The predicted molar refractivity (Wildman–Crippen MR) is 107 cm³/mol. The summed E-state index contributed by atoms with van der Waals surface area (Å²) < 4.78 is 5.28. The van der Waals surface area contributed by atoms with Gasteiger partial charge in [-0.3, -0.25) is 9.59 Å². The standard InChI is InChI=1S/C23H31NO4/c1-15(2)18-3-5-19(6-4-18)24-20(25)13-28-21(26)12-22-8-16-7-17(9-22)11-23(27,10-16)14-22/h3-6,15-17,27H,7-14H2,1-2H3,(H,24,25)/t16-,17+,22?,23?. The maximum atomic E-state index is 12.4. The van der Waals surface area contributed by atoms with Crippen molar-refractivity contribution in [2.24, 2.45) is 17.3 Å². The molecule has 0 spiro atoms. The Bertz CT molecular complexity index is 740. The minimum atomic E-state index is -0.579. The van der Waals surface area contributed by atoms with Crippen LogP contribution in [0.2, 0.25) is 0 Å². The molecule has 5 nitrogen and oxygen atoms in total. The van der Waals surface area contributed by atoms with Crippen LogP contribution in [0.15, 0.2) is 24.3 Å². The summed E-state index contributed by atoms with van der Waals surface area (Å²) in [5, 5.41) is 13.6. The molecule has 4 atom stereocenters. The lowest BCUT2D eigenvalue weighted by atomic mass is 9.47. The first-order valence-corrected chi connectivity index (χ1v) is 10.5. The van der Waals surface area contributed by atoms with E-state index >= 15 is 0 Å². The van der Waals surface area contributed by atoms with E-state index in [0.29, 0.717) is 36.3 Å². The van der Waals surface area contributed by atoms with Gasteiger partial charge in [0.25, 0.3) is 5.91 Å². The molecule has 28 heavy (non-hydrogen) atoms. The van der Waals surface area contributed by atoms with Crippen molar-refractivity contribution in [1.29, 1.82) is 0 Å². The van der Waals surface area contributed by atoms with Crippen LogP contribution in [0.4, 0.5) is 5.69 Å². The number of amides is 1. The summed E-state index contributed by atoms with van der Waals surface area (Å²) in [6.45, 7) is 3.98. The number of ether oxygens (including phenoxy) is 1. The van der Waals surface area contributed by atoms with Crippen LogP contribution in [0.25, 0.3) is 0 Å². The van der Waals surface area contributed by atoms with Crippen molar-refractivity contribution in [3.05, 3.63) is 29.8 Å². The summed E-state index contributed by atoms with van der Waals surface area (Å²) in [5.41, 5.74) is 1.21. The first kappa shape index (κ1) is 19.4. The molecule has 2 unspecified atom stereocenters. The zero-order valence-corrected chi connectivity index (χ0v) is 16.9. The van der Waals surface area contributed by atoms with E-state index in [1.807, 2.05) is 24.3 Å². The fraction of sp³-hybridized carbons (Fsp3) is 0.652. The summed E-state index contributed by atoms with van der Waals surface area (Å²) in [6, 6.07) is 7.71. The molecule has 0 saturated heterocycles. The Morgan fingerprint density at radius 2 is 1.79 bits per heavy atom. The van der Waals surface area contributed by atoms with E-state index in [1.165, 1.54) is 12.0 Å². The van der Waals surface area contributed by atoms with Crippen LogP contribution >= 0.6 is 0 Å². The molecule has 0 heterocycles. The average Bonchev–Trinajstić information content (AvgIpc) is 2.58. The Morgan fingerprint density at radius 1 is 1.14 bits per heavy atom. The molecule has 4 fully saturated rings. The molecule has 1 amide bonds. The number of benzene rings is 1. The number of hydrogen-bond acceptors (Lipinski definition) is 4. The number of esters is 1. The van der Waals surface area contributed by atoms with Crippen molar-refractivity contribution in [3.63, 3.8) is 0 Å². The normalized spacial score (nSPS) is 33.1. The fourth-order valence-corrected chi connectivity index (χ4v) is 6.26. The molecule has 4 saturated carbocycles. The van der Waals surface area contributed by atoms with Gasteiger partial charge < -0.3 is 15.2 Å². The van der Waals surface area contributed by atoms with Gasteiger partial charge in [0, 0.05) is 5.69 Å². The largest absolute Gasteiger partial charge is 0.456 e. The third-order valence-corrected chi connectivity index (χ3v) is 6.90. The van der Waals surface area contributed by atoms with Crippen molar-refractivity contribution >= 4 is 17.6 Å². The highest BCUT2D eigenvalue weighted by Gasteiger charge is 2.57. The zero-order valence-electron chi connectivity index (χ0n) is 16.9. The van der Waals surface area contributed by atoms with Gasteiger partial charge in [0.1, 0.15) is 0 Å². The summed E-state index contributed by atoms with van der Waals surface area (Å²) in [6.07, 6.45) is 6.01. The molecular formula is C23H31NO4. The second-order valence-electron chi connectivity index (χ2n) is 9.85. The molecule has 5 rings (SSSR count). The third kappa shape index (κ3) is 4.09. The molecule has 2 N–H and O–H groups in total. The van der Waals surface area contributed by atoms with E-state index in [4.69, 9.17) is 4.74 Å². The van der Waals surface area contributed by atoms with Gasteiger partial charge in [-0.1, -0.05) is 26.0 Å². The molecule has 0 aliphatic heterocycles. The summed E-state index contributed by atoms with van der Waals surface area (Å²) in [4.78, 5) is 24.5. The highest BCUT2D eigenvalue weighted by Crippen LogP contribution is 2.62. The van der Waals surface area contributed by atoms with Crippen LogP contribution in [-0.4, -0.2) is 29.2 Å². The molecule has 5 heteroatoms. The van der Waals surface area contributed by atoms with E-state index in [2.05, 4.69) is 19.2 Å². The van der Waals surface area contributed by atoms with Crippen molar-refractivity contribution in [2.75, 3.05) is 11.9 Å². The number of nitrogens with one attached hydrogen (secondary N) is 1. The van der Waals surface area contributed by atoms with Crippen molar-refractivity contribution < 1.29 is 19.4 Å². The van der Waals surface area contributed by atoms with Gasteiger partial charge >= 0.3 is 5.97 Å².